The van der Waals surface area contributed by atoms with Gasteiger partial charge in [0, 0.05) is 32.3 Å². The Morgan fingerprint density at radius 3 is 2.96 bits per heavy atom. The molecule has 2 aliphatic rings. The maximum absolute atomic E-state index is 4.49. The number of rotatable bonds is 3. The molecule has 8 nitrogen and oxygen atoms in total. The average Bonchev–Trinajstić information content (AvgIpc) is 3.00. The normalized spacial score (nSPS) is 21.4. The summed E-state index contributed by atoms with van der Waals surface area (Å²) in [5.74, 6) is 1.62. The molecule has 1 atom stereocenters. The third kappa shape index (κ3) is 2.08. The van der Waals surface area contributed by atoms with Crippen LogP contribution in [0.1, 0.15) is 36.9 Å². The minimum absolute atomic E-state index is 0.358. The minimum atomic E-state index is 0.358. The number of aromatic nitrogens is 7. The zero-order chi connectivity index (χ0) is 15.4. The molecule has 23 heavy (non-hydrogen) atoms. The SMILES string of the molecule is Cn1ncc2c(N3CCC(n4cc(C5CC5)nn4)C3)ncnc21. The molecule has 3 aromatic rings. The van der Waals surface area contributed by atoms with Gasteiger partial charge in [0.15, 0.2) is 5.65 Å². The molecule has 0 spiro atoms. The molecule has 1 aliphatic carbocycles. The van der Waals surface area contributed by atoms with Crippen molar-refractivity contribution in [2.45, 2.75) is 31.2 Å². The van der Waals surface area contributed by atoms with Crippen LogP contribution in [0.5, 0.6) is 0 Å². The smallest absolute Gasteiger partial charge is 0.163 e. The lowest BCUT2D eigenvalue weighted by molar-refractivity contribution is 0.479. The molecular weight excluding hydrogens is 292 g/mol. The zero-order valence-corrected chi connectivity index (χ0v) is 13.0. The van der Waals surface area contributed by atoms with Crippen molar-refractivity contribution in [2.75, 3.05) is 18.0 Å². The Hall–Kier alpha value is -2.51. The summed E-state index contributed by atoms with van der Waals surface area (Å²) >= 11 is 0. The first-order valence-electron chi connectivity index (χ1n) is 8.09. The number of fused-ring (bicyclic) bond motifs is 1. The number of nitrogens with zero attached hydrogens (tertiary/aromatic N) is 8. The lowest BCUT2D eigenvalue weighted by atomic mass is 10.2. The first-order chi connectivity index (χ1) is 11.3. The van der Waals surface area contributed by atoms with Crippen LogP contribution in [0.25, 0.3) is 11.0 Å². The molecule has 1 saturated heterocycles. The van der Waals surface area contributed by atoms with Gasteiger partial charge in [-0.3, -0.25) is 4.68 Å². The fourth-order valence-electron chi connectivity index (χ4n) is 3.39. The van der Waals surface area contributed by atoms with E-state index in [2.05, 4.69) is 36.5 Å². The number of hydrogen-bond donors (Lipinski definition) is 0. The Morgan fingerprint density at radius 2 is 2.09 bits per heavy atom. The largest absolute Gasteiger partial charge is 0.354 e. The van der Waals surface area contributed by atoms with Crippen LogP contribution in [0.15, 0.2) is 18.7 Å². The second-order valence-electron chi connectivity index (χ2n) is 6.49. The monoisotopic (exact) mass is 310 g/mol. The molecule has 0 N–H and O–H groups in total. The maximum atomic E-state index is 4.49. The predicted octanol–water partition coefficient (Wildman–Crippen LogP) is 1.28. The summed E-state index contributed by atoms with van der Waals surface area (Å²) in [6.07, 6.45) is 9.17. The van der Waals surface area contributed by atoms with Gasteiger partial charge in [-0.25, -0.2) is 14.6 Å². The van der Waals surface area contributed by atoms with Crippen LogP contribution in [-0.2, 0) is 7.05 Å². The number of hydrogen-bond acceptors (Lipinski definition) is 6. The summed E-state index contributed by atoms with van der Waals surface area (Å²) in [7, 11) is 1.90. The maximum Gasteiger partial charge on any atom is 0.163 e. The van der Waals surface area contributed by atoms with Gasteiger partial charge < -0.3 is 4.90 Å². The first kappa shape index (κ1) is 13.0. The van der Waals surface area contributed by atoms with Gasteiger partial charge >= 0.3 is 0 Å². The van der Waals surface area contributed by atoms with Gasteiger partial charge in [0.2, 0.25) is 0 Å². The molecular formula is C15H18N8. The highest BCUT2D eigenvalue weighted by Gasteiger charge is 2.30. The van der Waals surface area contributed by atoms with Crippen LogP contribution < -0.4 is 4.90 Å². The standard InChI is InChI=1S/C15H18N8/c1-21-14-12(6-18-21)15(17-9-16-14)22-5-4-11(7-22)23-8-13(19-20-23)10-2-3-10/h6,8-11H,2-5,7H2,1H3. The lowest BCUT2D eigenvalue weighted by Crippen LogP contribution is -2.22. The van der Waals surface area contributed by atoms with Crippen molar-refractivity contribution in [1.82, 2.24) is 34.7 Å². The van der Waals surface area contributed by atoms with Crippen LogP contribution >= 0.6 is 0 Å². The zero-order valence-electron chi connectivity index (χ0n) is 13.0. The van der Waals surface area contributed by atoms with Crippen molar-refractivity contribution in [2.24, 2.45) is 7.05 Å². The molecule has 1 aliphatic heterocycles. The van der Waals surface area contributed by atoms with E-state index in [1.807, 2.05) is 17.9 Å². The molecule has 8 heteroatoms. The third-order valence-corrected chi connectivity index (χ3v) is 4.87. The summed E-state index contributed by atoms with van der Waals surface area (Å²) < 4.78 is 3.82. The van der Waals surface area contributed by atoms with Crippen molar-refractivity contribution in [3.8, 4) is 0 Å². The van der Waals surface area contributed by atoms with E-state index in [0.29, 0.717) is 12.0 Å². The Labute approximate surface area is 133 Å². The third-order valence-electron chi connectivity index (χ3n) is 4.87. The van der Waals surface area contributed by atoms with Crippen LogP contribution in [0.4, 0.5) is 5.82 Å². The van der Waals surface area contributed by atoms with E-state index in [0.717, 1.165) is 42.1 Å². The van der Waals surface area contributed by atoms with Crippen molar-refractivity contribution in [3.63, 3.8) is 0 Å². The Morgan fingerprint density at radius 1 is 1.17 bits per heavy atom. The quantitative estimate of drug-likeness (QED) is 0.725. The first-order valence-corrected chi connectivity index (χ1v) is 8.09. The van der Waals surface area contributed by atoms with Crippen molar-refractivity contribution < 1.29 is 0 Å². The molecule has 2 fully saturated rings. The van der Waals surface area contributed by atoms with Gasteiger partial charge in [0.1, 0.15) is 12.1 Å². The number of aryl methyl sites for hydroxylation is 1. The Balaban J connectivity index is 1.41. The van der Waals surface area contributed by atoms with Gasteiger partial charge in [-0.1, -0.05) is 5.21 Å². The predicted molar refractivity (Wildman–Crippen MR) is 84.2 cm³/mol. The molecule has 118 valence electrons. The topological polar surface area (TPSA) is 77.5 Å². The highest BCUT2D eigenvalue weighted by molar-refractivity contribution is 5.86. The summed E-state index contributed by atoms with van der Waals surface area (Å²) in [5, 5.41) is 14.0. The van der Waals surface area contributed by atoms with E-state index in [1.165, 1.54) is 12.8 Å². The highest BCUT2D eigenvalue weighted by atomic mass is 15.5. The van der Waals surface area contributed by atoms with E-state index in [-0.39, 0.29) is 0 Å². The van der Waals surface area contributed by atoms with Crippen LogP contribution in [0.2, 0.25) is 0 Å². The van der Waals surface area contributed by atoms with E-state index in [9.17, 15) is 0 Å². The van der Waals surface area contributed by atoms with Crippen LogP contribution in [0.3, 0.4) is 0 Å². The van der Waals surface area contributed by atoms with E-state index in [1.54, 1.807) is 11.0 Å². The Bertz CT molecular complexity index is 861. The second-order valence-corrected chi connectivity index (χ2v) is 6.49. The molecule has 0 amide bonds. The summed E-state index contributed by atoms with van der Waals surface area (Å²) in [6, 6.07) is 0.358. The van der Waals surface area contributed by atoms with Crippen molar-refractivity contribution in [3.05, 3.63) is 24.4 Å². The van der Waals surface area contributed by atoms with Crippen LogP contribution in [-0.4, -0.2) is 47.8 Å². The van der Waals surface area contributed by atoms with E-state index in [4.69, 9.17) is 0 Å². The summed E-state index contributed by atoms with van der Waals surface area (Å²) in [6.45, 7) is 1.86. The molecule has 1 unspecified atom stereocenters. The summed E-state index contributed by atoms with van der Waals surface area (Å²) in [4.78, 5) is 11.1. The van der Waals surface area contributed by atoms with Crippen LogP contribution in [0, 0.1) is 0 Å². The van der Waals surface area contributed by atoms with Gasteiger partial charge in [-0.05, 0) is 19.3 Å². The molecule has 1 saturated carbocycles. The Kier molecular flexibility index (Phi) is 2.67. The van der Waals surface area contributed by atoms with Gasteiger partial charge in [-0.2, -0.15) is 5.10 Å². The average molecular weight is 310 g/mol. The van der Waals surface area contributed by atoms with E-state index < -0.39 is 0 Å². The number of anilines is 1. The van der Waals surface area contributed by atoms with Crippen molar-refractivity contribution >= 4 is 16.9 Å². The fourth-order valence-corrected chi connectivity index (χ4v) is 3.39. The molecule has 3 aromatic heterocycles. The molecule has 0 radical (unpaired) electrons. The van der Waals surface area contributed by atoms with Gasteiger partial charge in [0.25, 0.3) is 0 Å². The van der Waals surface area contributed by atoms with Gasteiger partial charge in [-0.15, -0.1) is 5.10 Å². The van der Waals surface area contributed by atoms with Crippen molar-refractivity contribution in [1.29, 1.82) is 0 Å². The fraction of sp³-hybridized carbons (Fsp3) is 0.533. The molecule has 4 heterocycles. The molecule has 0 aromatic carbocycles. The van der Waals surface area contributed by atoms with Gasteiger partial charge in [0.05, 0.1) is 23.3 Å². The molecule has 0 bridgehead atoms. The van der Waals surface area contributed by atoms with E-state index >= 15 is 0 Å². The lowest BCUT2D eigenvalue weighted by Gasteiger charge is -2.17. The minimum Gasteiger partial charge on any atom is -0.354 e. The molecule has 5 rings (SSSR count). The second kappa shape index (κ2) is 4.74. The summed E-state index contributed by atoms with van der Waals surface area (Å²) in [5.41, 5.74) is 2.02. The highest BCUT2D eigenvalue weighted by Crippen LogP contribution is 2.39.